The minimum absolute atomic E-state index is 0.0847. The Kier molecular flexibility index (Phi) is 5.34. The van der Waals surface area contributed by atoms with Gasteiger partial charge in [0.25, 0.3) is 0 Å². The molecule has 0 fully saturated rings. The van der Waals surface area contributed by atoms with Gasteiger partial charge in [0.15, 0.2) is 6.61 Å². The molecule has 0 unspecified atom stereocenters. The highest BCUT2D eigenvalue weighted by Gasteiger charge is 2.04. The standard InChI is InChI=1S/C8H10O4/c1-3-5-7(9)12-6-8(10)11-4-2/h3-4H,1-2,5-6H2. The van der Waals surface area contributed by atoms with E-state index in [0.717, 1.165) is 6.26 Å². The van der Waals surface area contributed by atoms with Gasteiger partial charge in [0.2, 0.25) is 0 Å². The van der Waals surface area contributed by atoms with Crippen LogP contribution in [-0.2, 0) is 19.1 Å². The Labute approximate surface area is 70.5 Å². The maximum Gasteiger partial charge on any atom is 0.349 e. The van der Waals surface area contributed by atoms with E-state index in [1.54, 1.807) is 0 Å². The highest BCUT2D eigenvalue weighted by molar-refractivity contribution is 5.77. The van der Waals surface area contributed by atoms with E-state index >= 15 is 0 Å². The number of rotatable bonds is 5. The lowest BCUT2D eigenvalue weighted by molar-refractivity contribution is -0.154. The van der Waals surface area contributed by atoms with Crippen molar-refractivity contribution in [2.75, 3.05) is 6.61 Å². The molecule has 0 aliphatic carbocycles. The van der Waals surface area contributed by atoms with Crippen LogP contribution in [0, 0.1) is 0 Å². The molecule has 0 aliphatic rings. The molecule has 66 valence electrons. The van der Waals surface area contributed by atoms with Gasteiger partial charge in [-0.15, -0.1) is 6.58 Å². The Balaban J connectivity index is 3.53. The number of esters is 2. The lowest BCUT2D eigenvalue weighted by Crippen LogP contribution is -2.13. The summed E-state index contributed by atoms with van der Waals surface area (Å²) in [6, 6.07) is 0. The van der Waals surface area contributed by atoms with E-state index in [9.17, 15) is 9.59 Å². The molecular weight excluding hydrogens is 160 g/mol. The van der Waals surface area contributed by atoms with E-state index in [1.165, 1.54) is 6.08 Å². The Morgan fingerprint density at radius 1 is 1.25 bits per heavy atom. The molecule has 0 radical (unpaired) electrons. The smallest absolute Gasteiger partial charge is 0.349 e. The van der Waals surface area contributed by atoms with E-state index in [4.69, 9.17) is 0 Å². The number of carbonyl (C=O) groups is 2. The second-order valence-corrected chi connectivity index (χ2v) is 1.81. The van der Waals surface area contributed by atoms with Gasteiger partial charge in [-0.1, -0.05) is 12.7 Å². The minimum atomic E-state index is -0.651. The molecule has 12 heavy (non-hydrogen) atoms. The van der Waals surface area contributed by atoms with Crippen LogP contribution in [0.3, 0.4) is 0 Å². The van der Waals surface area contributed by atoms with Gasteiger partial charge in [-0.2, -0.15) is 0 Å². The summed E-state index contributed by atoms with van der Waals surface area (Å²) in [5.74, 6) is -1.16. The maximum atomic E-state index is 10.6. The molecule has 0 N–H and O–H groups in total. The van der Waals surface area contributed by atoms with E-state index in [1.807, 2.05) is 0 Å². The zero-order chi connectivity index (χ0) is 9.40. The fourth-order valence-electron chi connectivity index (χ4n) is 0.443. The van der Waals surface area contributed by atoms with Crippen molar-refractivity contribution in [1.82, 2.24) is 0 Å². The molecule has 0 aliphatic heterocycles. The van der Waals surface area contributed by atoms with E-state index in [2.05, 4.69) is 22.6 Å². The molecule has 0 rings (SSSR count). The average Bonchev–Trinajstić information content (AvgIpc) is 2.02. The van der Waals surface area contributed by atoms with Crippen molar-refractivity contribution in [2.45, 2.75) is 6.42 Å². The van der Waals surface area contributed by atoms with Crippen molar-refractivity contribution in [2.24, 2.45) is 0 Å². The third-order valence-electron chi connectivity index (χ3n) is 0.877. The maximum absolute atomic E-state index is 10.6. The van der Waals surface area contributed by atoms with Gasteiger partial charge in [-0.3, -0.25) is 4.79 Å². The van der Waals surface area contributed by atoms with Crippen molar-refractivity contribution in [3.63, 3.8) is 0 Å². The van der Waals surface area contributed by atoms with Gasteiger partial charge in [-0.25, -0.2) is 4.79 Å². The van der Waals surface area contributed by atoms with Crippen LogP contribution in [0.2, 0.25) is 0 Å². The van der Waals surface area contributed by atoms with Crippen LogP contribution in [-0.4, -0.2) is 18.5 Å². The monoisotopic (exact) mass is 170 g/mol. The van der Waals surface area contributed by atoms with E-state index in [0.29, 0.717) is 0 Å². The van der Waals surface area contributed by atoms with Gasteiger partial charge >= 0.3 is 11.9 Å². The summed E-state index contributed by atoms with van der Waals surface area (Å²) in [6.07, 6.45) is 2.45. The molecule has 0 saturated heterocycles. The van der Waals surface area contributed by atoms with Gasteiger partial charge in [0.1, 0.15) is 0 Å². The molecule has 4 heteroatoms. The molecule has 0 bridgehead atoms. The fourth-order valence-corrected chi connectivity index (χ4v) is 0.443. The van der Waals surface area contributed by atoms with E-state index in [-0.39, 0.29) is 6.42 Å². The zero-order valence-corrected chi connectivity index (χ0v) is 6.62. The van der Waals surface area contributed by atoms with Gasteiger partial charge in [0.05, 0.1) is 12.7 Å². The zero-order valence-electron chi connectivity index (χ0n) is 6.62. The third-order valence-corrected chi connectivity index (χ3v) is 0.877. The van der Waals surface area contributed by atoms with E-state index < -0.39 is 18.5 Å². The third kappa shape index (κ3) is 5.22. The van der Waals surface area contributed by atoms with Crippen LogP contribution >= 0.6 is 0 Å². The Bertz CT molecular complexity index is 173. The van der Waals surface area contributed by atoms with Crippen LogP contribution in [0.15, 0.2) is 25.5 Å². The highest BCUT2D eigenvalue weighted by Crippen LogP contribution is 1.88. The van der Waals surface area contributed by atoms with Crippen LogP contribution in [0.5, 0.6) is 0 Å². The first-order chi connectivity index (χ1) is 5.70. The largest absolute Gasteiger partial charge is 0.453 e. The fraction of sp³-hybridized carbons (Fsp3) is 0.250. The molecule has 0 spiro atoms. The van der Waals surface area contributed by atoms with Crippen LogP contribution in [0.1, 0.15) is 6.42 Å². The molecule has 0 saturated carbocycles. The predicted octanol–water partition coefficient (Wildman–Crippen LogP) is 0.792. The summed E-state index contributed by atoms with van der Waals surface area (Å²) < 4.78 is 8.76. The first-order valence-electron chi connectivity index (χ1n) is 3.27. The average molecular weight is 170 g/mol. The molecular formula is C8H10O4. The Hall–Kier alpha value is -1.58. The number of hydrogen-bond donors (Lipinski definition) is 0. The second-order valence-electron chi connectivity index (χ2n) is 1.81. The minimum Gasteiger partial charge on any atom is -0.453 e. The summed E-state index contributed by atoms with van der Waals surface area (Å²) in [5.41, 5.74) is 0. The summed E-state index contributed by atoms with van der Waals surface area (Å²) in [6.45, 7) is 6.11. The number of hydrogen-bond acceptors (Lipinski definition) is 4. The first kappa shape index (κ1) is 10.4. The summed E-state index contributed by atoms with van der Waals surface area (Å²) in [5, 5.41) is 0. The van der Waals surface area contributed by atoms with Crippen LogP contribution in [0.4, 0.5) is 0 Å². The van der Waals surface area contributed by atoms with Crippen molar-refractivity contribution >= 4 is 11.9 Å². The van der Waals surface area contributed by atoms with Crippen molar-refractivity contribution < 1.29 is 19.1 Å². The molecule has 4 nitrogen and oxygen atoms in total. The molecule has 0 heterocycles. The first-order valence-corrected chi connectivity index (χ1v) is 3.27. The van der Waals surface area contributed by atoms with Gasteiger partial charge < -0.3 is 9.47 Å². The number of carbonyl (C=O) groups excluding carboxylic acids is 2. The topological polar surface area (TPSA) is 52.6 Å². The van der Waals surface area contributed by atoms with Crippen molar-refractivity contribution in [3.05, 3.63) is 25.5 Å². The Morgan fingerprint density at radius 2 is 1.92 bits per heavy atom. The molecule has 0 aromatic carbocycles. The predicted molar refractivity (Wildman–Crippen MR) is 42.1 cm³/mol. The lowest BCUT2D eigenvalue weighted by atomic mass is 10.4. The normalized spacial score (nSPS) is 8.33. The second kappa shape index (κ2) is 6.15. The molecule has 0 amide bonds. The van der Waals surface area contributed by atoms with Gasteiger partial charge in [0, 0.05) is 0 Å². The summed E-state index contributed by atoms with van der Waals surface area (Å²) in [4.78, 5) is 21.2. The molecule has 0 aromatic rings. The van der Waals surface area contributed by atoms with Gasteiger partial charge in [-0.05, 0) is 0 Å². The SMILES string of the molecule is C=CCC(=O)OCC(=O)OC=C. The molecule has 0 aromatic heterocycles. The Morgan fingerprint density at radius 3 is 2.42 bits per heavy atom. The molecule has 0 atom stereocenters. The van der Waals surface area contributed by atoms with Crippen LogP contribution < -0.4 is 0 Å². The van der Waals surface area contributed by atoms with Crippen LogP contribution in [0.25, 0.3) is 0 Å². The highest BCUT2D eigenvalue weighted by atomic mass is 16.6. The summed E-state index contributed by atoms with van der Waals surface area (Å²) in [7, 11) is 0. The van der Waals surface area contributed by atoms with Crippen molar-refractivity contribution in [1.29, 1.82) is 0 Å². The summed E-state index contributed by atoms with van der Waals surface area (Å²) >= 11 is 0. The van der Waals surface area contributed by atoms with Crippen molar-refractivity contribution in [3.8, 4) is 0 Å². The number of ether oxygens (including phenoxy) is 2. The quantitative estimate of drug-likeness (QED) is 0.348. The lowest BCUT2D eigenvalue weighted by Gasteiger charge is -2.00.